The summed E-state index contributed by atoms with van der Waals surface area (Å²) in [7, 11) is -1.68. The van der Waals surface area contributed by atoms with E-state index in [0.29, 0.717) is 6.42 Å². The third kappa shape index (κ3) is 3.45. The van der Waals surface area contributed by atoms with Crippen LogP contribution in [0.15, 0.2) is 0 Å². The molecule has 1 amide bonds. The first-order valence-corrected chi connectivity index (χ1v) is 7.44. The second-order valence-corrected chi connectivity index (χ2v) is 6.42. The SMILES string of the molecule is C#CCN(C(=O)C(CN)OC)C1CCS(=O)(=O)C1. The van der Waals surface area contributed by atoms with Gasteiger partial charge in [-0.05, 0) is 6.42 Å². The normalized spacial score (nSPS) is 23.3. The molecule has 18 heavy (non-hydrogen) atoms. The van der Waals surface area contributed by atoms with Crippen LogP contribution in [0.25, 0.3) is 0 Å². The van der Waals surface area contributed by atoms with Gasteiger partial charge in [0, 0.05) is 19.7 Å². The van der Waals surface area contributed by atoms with Crippen LogP contribution >= 0.6 is 0 Å². The zero-order chi connectivity index (χ0) is 13.8. The summed E-state index contributed by atoms with van der Waals surface area (Å²) < 4.78 is 27.8. The van der Waals surface area contributed by atoms with E-state index < -0.39 is 15.9 Å². The predicted octanol–water partition coefficient (Wildman–Crippen LogP) is -1.39. The number of carbonyl (C=O) groups is 1. The molecule has 1 heterocycles. The van der Waals surface area contributed by atoms with Crippen LogP contribution < -0.4 is 5.73 Å². The Bertz CT molecular complexity index is 436. The van der Waals surface area contributed by atoms with Gasteiger partial charge in [0.15, 0.2) is 9.84 Å². The minimum Gasteiger partial charge on any atom is -0.370 e. The van der Waals surface area contributed by atoms with Crippen LogP contribution in [0, 0.1) is 12.3 Å². The largest absolute Gasteiger partial charge is 0.370 e. The highest BCUT2D eigenvalue weighted by Crippen LogP contribution is 2.18. The van der Waals surface area contributed by atoms with E-state index in [0.717, 1.165) is 0 Å². The first kappa shape index (κ1) is 15.0. The lowest BCUT2D eigenvalue weighted by Gasteiger charge is -2.29. The van der Waals surface area contributed by atoms with Gasteiger partial charge in [0.05, 0.1) is 18.1 Å². The van der Waals surface area contributed by atoms with E-state index in [1.165, 1.54) is 12.0 Å². The van der Waals surface area contributed by atoms with Gasteiger partial charge in [-0.2, -0.15) is 0 Å². The number of hydrogen-bond donors (Lipinski definition) is 1. The number of rotatable bonds is 5. The topological polar surface area (TPSA) is 89.7 Å². The maximum absolute atomic E-state index is 12.1. The lowest BCUT2D eigenvalue weighted by Crippen LogP contribution is -2.49. The van der Waals surface area contributed by atoms with Gasteiger partial charge in [0.25, 0.3) is 5.91 Å². The summed E-state index contributed by atoms with van der Waals surface area (Å²) in [4.78, 5) is 13.5. The smallest absolute Gasteiger partial charge is 0.254 e. The molecule has 0 spiro atoms. The van der Waals surface area contributed by atoms with E-state index in [1.807, 2.05) is 0 Å². The lowest BCUT2D eigenvalue weighted by atomic mass is 10.2. The second-order valence-electron chi connectivity index (χ2n) is 4.19. The summed E-state index contributed by atoms with van der Waals surface area (Å²) in [5, 5.41) is 0. The fraction of sp³-hybridized carbons (Fsp3) is 0.727. The number of ether oxygens (including phenoxy) is 1. The van der Waals surface area contributed by atoms with E-state index in [-0.39, 0.29) is 36.5 Å². The summed E-state index contributed by atoms with van der Waals surface area (Å²) in [6.45, 7) is 0.106. The van der Waals surface area contributed by atoms with Crippen molar-refractivity contribution >= 4 is 15.7 Å². The third-order valence-corrected chi connectivity index (χ3v) is 4.72. The van der Waals surface area contributed by atoms with Gasteiger partial charge in [0.1, 0.15) is 6.10 Å². The maximum atomic E-state index is 12.1. The molecule has 1 aliphatic rings. The quantitative estimate of drug-likeness (QED) is 0.623. The average Bonchev–Trinajstić information content (AvgIpc) is 2.67. The van der Waals surface area contributed by atoms with Gasteiger partial charge >= 0.3 is 0 Å². The molecule has 0 aromatic heterocycles. The van der Waals surface area contributed by atoms with Crippen LogP contribution in [0.3, 0.4) is 0 Å². The Balaban J connectivity index is 2.84. The monoisotopic (exact) mass is 274 g/mol. The van der Waals surface area contributed by atoms with Crippen molar-refractivity contribution in [3.8, 4) is 12.3 Å². The molecule has 2 N–H and O–H groups in total. The molecule has 1 fully saturated rings. The molecule has 0 radical (unpaired) electrons. The Hall–Kier alpha value is -1.10. The van der Waals surface area contributed by atoms with Gasteiger partial charge in [-0.15, -0.1) is 6.42 Å². The van der Waals surface area contributed by atoms with Crippen molar-refractivity contribution in [1.82, 2.24) is 4.90 Å². The first-order chi connectivity index (χ1) is 8.45. The Morgan fingerprint density at radius 3 is 2.72 bits per heavy atom. The van der Waals surface area contributed by atoms with Crippen LogP contribution in [0.4, 0.5) is 0 Å². The zero-order valence-corrected chi connectivity index (χ0v) is 11.1. The van der Waals surface area contributed by atoms with Crippen LogP contribution in [0.2, 0.25) is 0 Å². The molecule has 0 aliphatic carbocycles. The molecular weight excluding hydrogens is 256 g/mol. The van der Waals surface area contributed by atoms with Gasteiger partial charge in [-0.1, -0.05) is 5.92 Å². The standard InChI is InChI=1S/C11H18N2O4S/c1-3-5-13(11(14)10(7-12)17-2)9-4-6-18(15,16)8-9/h1,9-10H,4-8,12H2,2H3. The Labute approximate surface area is 107 Å². The number of sulfone groups is 1. The highest BCUT2D eigenvalue weighted by atomic mass is 32.2. The highest BCUT2D eigenvalue weighted by Gasteiger charge is 2.36. The van der Waals surface area contributed by atoms with Crippen molar-refractivity contribution in [3.05, 3.63) is 0 Å². The summed E-state index contributed by atoms with van der Waals surface area (Å²) in [6.07, 6.45) is 4.86. The molecule has 1 saturated heterocycles. The molecule has 2 atom stereocenters. The first-order valence-electron chi connectivity index (χ1n) is 5.62. The Kier molecular flexibility index (Phi) is 5.14. The predicted molar refractivity (Wildman–Crippen MR) is 67.5 cm³/mol. The Morgan fingerprint density at radius 1 is 1.67 bits per heavy atom. The van der Waals surface area contributed by atoms with Gasteiger partial charge in [-0.3, -0.25) is 4.79 Å². The zero-order valence-electron chi connectivity index (χ0n) is 10.3. The number of nitrogens with zero attached hydrogens (tertiary/aromatic N) is 1. The van der Waals surface area contributed by atoms with Crippen molar-refractivity contribution in [2.24, 2.45) is 5.73 Å². The van der Waals surface area contributed by atoms with E-state index in [1.54, 1.807) is 0 Å². The van der Waals surface area contributed by atoms with Crippen molar-refractivity contribution in [2.45, 2.75) is 18.6 Å². The fourth-order valence-electron chi connectivity index (χ4n) is 1.99. The van der Waals surface area contributed by atoms with Crippen molar-refractivity contribution in [1.29, 1.82) is 0 Å². The van der Waals surface area contributed by atoms with E-state index in [9.17, 15) is 13.2 Å². The van der Waals surface area contributed by atoms with Gasteiger partial charge in [0.2, 0.25) is 0 Å². The number of terminal acetylenes is 1. The molecule has 0 bridgehead atoms. The summed E-state index contributed by atoms with van der Waals surface area (Å²) in [5.41, 5.74) is 5.43. The number of amides is 1. The molecule has 6 nitrogen and oxygen atoms in total. The van der Waals surface area contributed by atoms with Crippen LogP contribution in [0.1, 0.15) is 6.42 Å². The van der Waals surface area contributed by atoms with Crippen LogP contribution in [-0.4, -0.2) is 63.1 Å². The van der Waals surface area contributed by atoms with E-state index in [4.69, 9.17) is 16.9 Å². The maximum Gasteiger partial charge on any atom is 0.254 e. The summed E-state index contributed by atoms with van der Waals surface area (Å²) >= 11 is 0. The molecular formula is C11H18N2O4S. The minimum absolute atomic E-state index is 0.0376. The lowest BCUT2D eigenvalue weighted by molar-refractivity contribution is -0.142. The average molecular weight is 274 g/mol. The third-order valence-electron chi connectivity index (χ3n) is 2.97. The van der Waals surface area contributed by atoms with Gasteiger partial charge < -0.3 is 15.4 Å². The fourth-order valence-corrected chi connectivity index (χ4v) is 3.72. The van der Waals surface area contributed by atoms with Crippen molar-refractivity contribution in [3.63, 3.8) is 0 Å². The highest BCUT2D eigenvalue weighted by molar-refractivity contribution is 7.91. The number of carbonyl (C=O) groups excluding carboxylic acids is 1. The van der Waals surface area contributed by atoms with Crippen molar-refractivity contribution in [2.75, 3.05) is 31.7 Å². The molecule has 1 aliphatic heterocycles. The summed E-state index contributed by atoms with van der Waals surface area (Å²) in [5.74, 6) is 2.07. The molecule has 0 aromatic carbocycles. The minimum atomic E-state index is -3.07. The van der Waals surface area contributed by atoms with Crippen molar-refractivity contribution < 1.29 is 17.9 Å². The van der Waals surface area contributed by atoms with Gasteiger partial charge in [-0.25, -0.2) is 8.42 Å². The molecule has 0 saturated carbocycles. The number of nitrogens with two attached hydrogens (primary N) is 1. The molecule has 0 aromatic rings. The molecule has 1 rings (SSSR count). The second kappa shape index (κ2) is 6.18. The molecule has 2 unspecified atom stereocenters. The number of methoxy groups -OCH3 is 1. The molecule has 7 heteroatoms. The van der Waals surface area contributed by atoms with E-state index in [2.05, 4.69) is 5.92 Å². The summed E-state index contributed by atoms with van der Waals surface area (Å²) in [6, 6.07) is -0.372. The Morgan fingerprint density at radius 2 is 2.33 bits per heavy atom. The molecule has 102 valence electrons. The van der Waals surface area contributed by atoms with E-state index >= 15 is 0 Å². The van der Waals surface area contributed by atoms with Crippen LogP contribution in [-0.2, 0) is 19.4 Å². The number of hydrogen-bond acceptors (Lipinski definition) is 5. The van der Waals surface area contributed by atoms with Crippen LogP contribution in [0.5, 0.6) is 0 Å².